The molecule has 0 bridgehead atoms. The highest BCUT2D eigenvalue weighted by atomic mass is 32.1. The van der Waals surface area contributed by atoms with Gasteiger partial charge in [-0.3, -0.25) is 0 Å². The van der Waals surface area contributed by atoms with Crippen LogP contribution >= 0.6 is 11.3 Å². The topological polar surface area (TPSA) is 24.9 Å². The van der Waals surface area contributed by atoms with Crippen molar-refractivity contribution in [3.05, 3.63) is 10.6 Å². The highest BCUT2D eigenvalue weighted by Crippen LogP contribution is 2.22. The second kappa shape index (κ2) is 4.45. The molecule has 0 aliphatic rings. The van der Waals surface area contributed by atoms with Gasteiger partial charge in [-0.15, -0.1) is 11.3 Å². The van der Waals surface area contributed by atoms with Gasteiger partial charge in [0.1, 0.15) is 0 Å². The molecule has 0 amide bonds. The summed E-state index contributed by atoms with van der Waals surface area (Å²) in [6.07, 6.45) is 3.61. The van der Waals surface area contributed by atoms with E-state index >= 15 is 0 Å². The Labute approximate surface area is 78.0 Å². The van der Waals surface area contributed by atoms with E-state index in [1.807, 2.05) is 7.05 Å². The van der Waals surface area contributed by atoms with Gasteiger partial charge in [0.05, 0.1) is 5.69 Å². The zero-order valence-corrected chi connectivity index (χ0v) is 8.79. The van der Waals surface area contributed by atoms with E-state index in [-0.39, 0.29) is 0 Å². The van der Waals surface area contributed by atoms with Crippen molar-refractivity contribution in [1.29, 1.82) is 0 Å². The first kappa shape index (κ1) is 9.52. The van der Waals surface area contributed by atoms with Crippen LogP contribution in [0.15, 0.2) is 0 Å². The summed E-state index contributed by atoms with van der Waals surface area (Å²) in [6, 6.07) is 0. The van der Waals surface area contributed by atoms with Crippen molar-refractivity contribution in [1.82, 2.24) is 4.98 Å². The summed E-state index contributed by atoms with van der Waals surface area (Å²) in [7, 11) is 1.92. The first-order chi connectivity index (χ1) is 5.77. The van der Waals surface area contributed by atoms with Crippen molar-refractivity contribution in [3.63, 3.8) is 0 Å². The maximum absolute atomic E-state index is 4.47. The number of anilines is 1. The van der Waals surface area contributed by atoms with Gasteiger partial charge in [-0.1, -0.05) is 13.3 Å². The van der Waals surface area contributed by atoms with Gasteiger partial charge in [0, 0.05) is 11.9 Å². The van der Waals surface area contributed by atoms with Crippen LogP contribution in [-0.4, -0.2) is 12.0 Å². The van der Waals surface area contributed by atoms with Gasteiger partial charge in [-0.25, -0.2) is 4.98 Å². The van der Waals surface area contributed by atoms with Crippen molar-refractivity contribution in [2.45, 2.75) is 33.1 Å². The van der Waals surface area contributed by atoms with Gasteiger partial charge >= 0.3 is 0 Å². The summed E-state index contributed by atoms with van der Waals surface area (Å²) in [5.74, 6) is 0. The van der Waals surface area contributed by atoms with Gasteiger partial charge in [0.2, 0.25) is 0 Å². The number of aromatic nitrogens is 1. The molecule has 68 valence electrons. The standard InChI is InChI=1S/C9H16N2S/c1-4-5-6-8-7(2)12-9(10-3)11-8/h4-6H2,1-3H3,(H,10,11). The fourth-order valence-electron chi connectivity index (χ4n) is 1.11. The Balaban J connectivity index is 2.64. The van der Waals surface area contributed by atoms with Gasteiger partial charge < -0.3 is 5.32 Å². The quantitative estimate of drug-likeness (QED) is 0.778. The average Bonchev–Trinajstić information content (AvgIpc) is 2.43. The largest absolute Gasteiger partial charge is 0.365 e. The molecule has 0 saturated heterocycles. The lowest BCUT2D eigenvalue weighted by Crippen LogP contribution is -1.89. The lowest BCUT2D eigenvalue weighted by Gasteiger charge is -1.94. The zero-order chi connectivity index (χ0) is 8.97. The van der Waals surface area contributed by atoms with Gasteiger partial charge in [0.15, 0.2) is 5.13 Å². The van der Waals surface area contributed by atoms with Gasteiger partial charge in [0.25, 0.3) is 0 Å². The first-order valence-electron chi connectivity index (χ1n) is 4.42. The molecule has 1 aromatic heterocycles. The van der Waals surface area contributed by atoms with Crippen molar-refractivity contribution < 1.29 is 0 Å². The maximum atomic E-state index is 4.47. The van der Waals surface area contributed by atoms with Crippen molar-refractivity contribution in [2.24, 2.45) is 0 Å². The number of hydrogen-bond donors (Lipinski definition) is 1. The summed E-state index contributed by atoms with van der Waals surface area (Å²) in [5.41, 5.74) is 1.27. The molecule has 1 heterocycles. The van der Waals surface area contributed by atoms with E-state index in [2.05, 4.69) is 24.1 Å². The summed E-state index contributed by atoms with van der Waals surface area (Å²) >= 11 is 1.74. The number of rotatable bonds is 4. The van der Waals surface area contributed by atoms with Crippen molar-refractivity contribution in [2.75, 3.05) is 12.4 Å². The minimum absolute atomic E-state index is 1.04. The highest BCUT2D eigenvalue weighted by Gasteiger charge is 2.04. The molecular weight excluding hydrogens is 168 g/mol. The highest BCUT2D eigenvalue weighted by molar-refractivity contribution is 7.15. The normalized spacial score (nSPS) is 10.2. The molecule has 1 aromatic rings. The van der Waals surface area contributed by atoms with E-state index in [9.17, 15) is 0 Å². The summed E-state index contributed by atoms with van der Waals surface area (Å²) in [4.78, 5) is 5.83. The summed E-state index contributed by atoms with van der Waals surface area (Å²) < 4.78 is 0. The van der Waals surface area contributed by atoms with E-state index < -0.39 is 0 Å². The minimum atomic E-state index is 1.04. The molecule has 0 aromatic carbocycles. The molecule has 1 N–H and O–H groups in total. The van der Waals surface area contributed by atoms with E-state index in [0.29, 0.717) is 0 Å². The third-order valence-corrected chi connectivity index (χ3v) is 2.90. The SMILES string of the molecule is CCCCc1nc(NC)sc1C. The third kappa shape index (κ3) is 2.21. The van der Waals surface area contributed by atoms with Crippen LogP contribution in [0.5, 0.6) is 0 Å². The molecule has 2 nitrogen and oxygen atoms in total. The molecule has 0 spiro atoms. The molecule has 0 aliphatic heterocycles. The van der Waals surface area contributed by atoms with Crippen molar-refractivity contribution >= 4 is 16.5 Å². The summed E-state index contributed by atoms with van der Waals surface area (Å²) in [5, 5.41) is 4.11. The predicted octanol–water partition coefficient (Wildman–Crippen LogP) is 2.84. The number of hydrogen-bond acceptors (Lipinski definition) is 3. The van der Waals surface area contributed by atoms with Crippen LogP contribution in [0.2, 0.25) is 0 Å². The Kier molecular flexibility index (Phi) is 3.53. The van der Waals surface area contributed by atoms with Gasteiger partial charge in [-0.05, 0) is 19.8 Å². The molecule has 0 aliphatic carbocycles. The number of nitrogens with zero attached hydrogens (tertiary/aromatic N) is 1. The van der Waals surface area contributed by atoms with Crippen LogP contribution in [0.25, 0.3) is 0 Å². The molecule has 12 heavy (non-hydrogen) atoms. The smallest absolute Gasteiger partial charge is 0.182 e. The fourth-order valence-corrected chi connectivity index (χ4v) is 1.92. The molecular formula is C9H16N2S. The second-order valence-corrected chi connectivity index (χ2v) is 4.08. The molecule has 3 heteroatoms. The first-order valence-corrected chi connectivity index (χ1v) is 5.23. The number of unbranched alkanes of at least 4 members (excludes halogenated alkanes) is 1. The van der Waals surface area contributed by atoms with E-state index in [1.165, 1.54) is 23.4 Å². The fraction of sp³-hybridized carbons (Fsp3) is 0.667. The van der Waals surface area contributed by atoms with Crippen LogP contribution in [0.1, 0.15) is 30.3 Å². The zero-order valence-electron chi connectivity index (χ0n) is 7.98. The monoisotopic (exact) mass is 184 g/mol. The molecule has 0 unspecified atom stereocenters. The van der Waals surface area contributed by atoms with Crippen LogP contribution in [0.4, 0.5) is 5.13 Å². The van der Waals surface area contributed by atoms with Crippen LogP contribution in [-0.2, 0) is 6.42 Å². The predicted molar refractivity (Wildman–Crippen MR) is 55.0 cm³/mol. The van der Waals surface area contributed by atoms with E-state index in [1.54, 1.807) is 11.3 Å². The average molecular weight is 184 g/mol. The lowest BCUT2D eigenvalue weighted by molar-refractivity contribution is 0.778. The van der Waals surface area contributed by atoms with E-state index in [0.717, 1.165) is 11.6 Å². The lowest BCUT2D eigenvalue weighted by atomic mass is 10.2. The molecule has 1 rings (SSSR count). The summed E-state index contributed by atoms with van der Waals surface area (Å²) in [6.45, 7) is 4.35. The second-order valence-electron chi connectivity index (χ2n) is 2.88. The van der Waals surface area contributed by atoms with Gasteiger partial charge in [-0.2, -0.15) is 0 Å². The minimum Gasteiger partial charge on any atom is -0.365 e. The van der Waals surface area contributed by atoms with Crippen molar-refractivity contribution in [3.8, 4) is 0 Å². The number of nitrogens with one attached hydrogen (secondary N) is 1. The van der Waals surface area contributed by atoms with Crippen LogP contribution in [0.3, 0.4) is 0 Å². The molecule has 0 atom stereocenters. The number of thiazole rings is 1. The number of aryl methyl sites for hydroxylation is 2. The third-order valence-electron chi connectivity index (χ3n) is 1.87. The molecule has 0 saturated carbocycles. The van der Waals surface area contributed by atoms with Crippen LogP contribution < -0.4 is 5.32 Å². The Bertz CT molecular complexity index is 243. The Hall–Kier alpha value is -0.570. The Morgan fingerprint density at radius 3 is 2.75 bits per heavy atom. The Morgan fingerprint density at radius 1 is 1.50 bits per heavy atom. The molecule has 0 radical (unpaired) electrons. The molecule has 0 fully saturated rings. The van der Waals surface area contributed by atoms with E-state index in [4.69, 9.17) is 0 Å². The Morgan fingerprint density at radius 2 is 2.25 bits per heavy atom. The van der Waals surface area contributed by atoms with Crippen LogP contribution in [0, 0.1) is 6.92 Å². The maximum Gasteiger partial charge on any atom is 0.182 e.